The number of carbonyl (C=O) groups is 1. The summed E-state index contributed by atoms with van der Waals surface area (Å²) in [6.45, 7) is 3.80. The van der Waals surface area contributed by atoms with Crippen molar-refractivity contribution >= 4 is 5.91 Å². The maximum atomic E-state index is 11.5. The largest absolute Gasteiger partial charge is 0.402 e. The number of hydrogen-bond donors (Lipinski definition) is 1. The number of likely N-dealkylation sites (N-methyl/N-ethyl adjacent to an activating group) is 1. The molecule has 0 aromatic carbocycles. The average molecular weight is 170 g/mol. The fourth-order valence-corrected chi connectivity index (χ4v) is 0.993. The van der Waals surface area contributed by atoms with Gasteiger partial charge in [0.25, 0.3) is 5.91 Å². The zero-order valence-electron chi connectivity index (χ0n) is 8.35. The van der Waals surface area contributed by atoms with Gasteiger partial charge in [-0.1, -0.05) is 13.3 Å². The van der Waals surface area contributed by atoms with Crippen LogP contribution in [0.15, 0.2) is 11.3 Å². The molecule has 0 atom stereocenters. The monoisotopic (exact) mass is 170 g/mol. The smallest absolute Gasteiger partial charge is 0.250 e. The zero-order valence-corrected chi connectivity index (χ0v) is 8.35. The molecule has 1 amide bonds. The lowest BCUT2D eigenvalue weighted by Crippen LogP contribution is -2.25. The number of rotatable bonds is 3. The van der Waals surface area contributed by atoms with Crippen LogP contribution in [0.3, 0.4) is 0 Å². The van der Waals surface area contributed by atoms with Gasteiger partial charge in [-0.15, -0.1) is 0 Å². The number of carbonyl (C=O) groups excluding carboxylic acids is 1. The van der Waals surface area contributed by atoms with Gasteiger partial charge < -0.3 is 10.6 Å². The topological polar surface area (TPSA) is 46.3 Å². The van der Waals surface area contributed by atoms with Crippen molar-refractivity contribution in [2.75, 3.05) is 14.1 Å². The van der Waals surface area contributed by atoms with Gasteiger partial charge in [-0.25, -0.2) is 0 Å². The molecule has 0 saturated heterocycles. The predicted octanol–water partition coefficient (Wildman–Crippen LogP) is 1.11. The highest BCUT2D eigenvalue weighted by Gasteiger charge is 2.11. The SMILES string of the molecule is CCC/C(C(=O)N(C)C)=C(/C)N. The van der Waals surface area contributed by atoms with E-state index in [-0.39, 0.29) is 5.91 Å². The van der Waals surface area contributed by atoms with Gasteiger partial charge in [-0.05, 0) is 13.3 Å². The zero-order chi connectivity index (χ0) is 9.72. The van der Waals surface area contributed by atoms with Crippen molar-refractivity contribution < 1.29 is 4.79 Å². The van der Waals surface area contributed by atoms with Crippen LogP contribution in [0.25, 0.3) is 0 Å². The van der Waals surface area contributed by atoms with Crippen molar-refractivity contribution in [1.82, 2.24) is 4.90 Å². The second kappa shape index (κ2) is 4.80. The molecule has 0 heterocycles. The summed E-state index contributed by atoms with van der Waals surface area (Å²) in [6.07, 6.45) is 1.71. The minimum Gasteiger partial charge on any atom is -0.402 e. The van der Waals surface area contributed by atoms with E-state index in [0.29, 0.717) is 5.70 Å². The normalized spacial score (nSPS) is 12.3. The summed E-state index contributed by atoms with van der Waals surface area (Å²) < 4.78 is 0. The molecule has 3 nitrogen and oxygen atoms in total. The van der Waals surface area contributed by atoms with E-state index in [1.807, 2.05) is 6.92 Å². The molecule has 3 heteroatoms. The highest BCUT2D eigenvalue weighted by atomic mass is 16.2. The summed E-state index contributed by atoms with van der Waals surface area (Å²) in [5.41, 5.74) is 6.97. The molecule has 0 radical (unpaired) electrons. The fourth-order valence-electron chi connectivity index (χ4n) is 0.993. The molecule has 70 valence electrons. The number of nitrogens with zero attached hydrogens (tertiary/aromatic N) is 1. The second-order valence-corrected chi connectivity index (χ2v) is 3.11. The summed E-state index contributed by atoms with van der Waals surface area (Å²) in [5.74, 6) is 0.0249. The van der Waals surface area contributed by atoms with Gasteiger partial charge in [0.1, 0.15) is 0 Å². The molecule has 0 unspecified atom stereocenters. The average Bonchev–Trinajstić information content (AvgIpc) is 1.98. The first-order chi connectivity index (χ1) is 5.50. The van der Waals surface area contributed by atoms with E-state index in [1.165, 1.54) is 0 Å². The quantitative estimate of drug-likeness (QED) is 0.645. The van der Waals surface area contributed by atoms with Gasteiger partial charge in [0.2, 0.25) is 0 Å². The molecule has 0 bridgehead atoms. The van der Waals surface area contributed by atoms with Crippen molar-refractivity contribution in [3.8, 4) is 0 Å². The lowest BCUT2D eigenvalue weighted by Gasteiger charge is -2.14. The summed E-state index contributed by atoms with van der Waals surface area (Å²) in [5, 5.41) is 0. The molecule has 0 aliphatic heterocycles. The minimum atomic E-state index is 0.0249. The number of amides is 1. The van der Waals surface area contributed by atoms with Crippen molar-refractivity contribution in [2.45, 2.75) is 26.7 Å². The third-order valence-corrected chi connectivity index (χ3v) is 1.64. The first-order valence-electron chi connectivity index (χ1n) is 4.17. The van der Waals surface area contributed by atoms with Crippen LogP contribution in [-0.4, -0.2) is 24.9 Å². The molecule has 0 aliphatic rings. The number of hydrogen-bond acceptors (Lipinski definition) is 2. The summed E-state index contributed by atoms with van der Waals surface area (Å²) in [7, 11) is 3.47. The van der Waals surface area contributed by atoms with Crippen LogP contribution in [0.5, 0.6) is 0 Å². The van der Waals surface area contributed by atoms with Crippen LogP contribution in [0.4, 0.5) is 0 Å². The van der Waals surface area contributed by atoms with Crippen LogP contribution < -0.4 is 5.73 Å². The highest BCUT2D eigenvalue weighted by Crippen LogP contribution is 2.09. The standard InChI is InChI=1S/C9H18N2O/c1-5-6-8(7(2)10)9(12)11(3)4/h5-6,10H2,1-4H3/b8-7+. The Morgan fingerprint density at radius 2 is 1.92 bits per heavy atom. The van der Waals surface area contributed by atoms with Crippen molar-refractivity contribution in [3.05, 3.63) is 11.3 Å². The molecule has 0 fully saturated rings. The summed E-state index contributed by atoms with van der Waals surface area (Å²) >= 11 is 0. The van der Waals surface area contributed by atoms with Crippen LogP contribution in [0.1, 0.15) is 26.7 Å². The predicted molar refractivity (Wildman–Crippen MR) is 50.5 cm³/mol. The minimum absolute atomic E-state index is 0.0249. The Morgan fingerprint density at radius 3 is 2.17 bits per heavy atom. The van der Waals surface area contributed by atoms with E-state index in [4.69, 9.17) is 5.73 Å². The van der Waals surface area contributed by atoms with Gasteiger partial charge in [0.15, 0.2) is 0 Å². The molecule has 2 N–H and O–H groups in total. The van der Waals surface area contributed by atoms with E-state index >= 15 is 0 Å². The lowest BCUT2D eigenvalue weighted by molar-refractivity contribution is -0.124. The first-order valence-corrected chi connectivity index (χ1v) is 4.17. The van der Waals surface area contributed by atoms with Crippen LogP contribution in [0.2, 0.25) is 0 Å². The van der Waals surface area contributed by atoms with Crippen molar-refractivity contribution in [2.24, 2.45) is 5.73 Å². The van der Waals surface area contributed by atoms with E-state index in [2.05, 4.69) is 0 Å². The van der Waals surface area contributed by atoms with E-state index < -0.39 is 0 Å². The second-order valence-electron chi connectivity index (χ2n) is 3.11. The molecule has 12 heavy (non-hydrogen) atoms. The fraction of sp³-hybridized carbons (Fsp3) is 0.667. The Kier molecular flexibility index (Phi) is 4.40. The maximum absolute atomic E-state index is 11.5. The number of allylic oxidation sites excluding steroid dienone is 1. The molecular weight excluding hydrogens is 152 g/mol. The van der Waals surface area contributed by atoms with E-state index in [9.17, 15) is 4.79 Å². The van der Waals surface area contributed by atoms with Gasteiger partial charge in [0, 0.05) is 25.4 Å². The Hall–Kier alpha value is -0.990. The summed E-state index contributed by atoms with van der Waals surface area (Å²) in [4.78, 5) is 13.0. The molecule has 0 rings (SSSR count). The van der Waals surface area contributed by atoms with Gasteiger partial charge in [-0.3, -0.25) is 4.79 Å². The molecule has 0 spiro atoms. The van der Waals surface area contributed by atoms with Crippen LogP contribution >= 0.6 is 0 Å². The van der Waals surface area contributed by atoms with Gasteiger partial charge in [-0.2, -0.15) is 0 Å². The Bertz CT molecular complexity index is 191. The van der Waals surface area contributed by atoms with Gasteiger partial charge in [0.05, 0.1) is 0 Å². The molecular formula is C9H18N2O. The van der Waals surface area contributed by atoms with Crippen molar-refractivity contribution in [3.63, 3.8) is 0 Å². The third kappa shape index (κ3) is 2.95. The first kappa shape index (κ1) is 11.0. The maximum Gasteiger partial charge on any atom is 0.250 e. The number of nitrogens with two attached hydrogens (primary N) is 1. The van der Waals surface area contributed by atoms with E-state index in [0.717, 1.165) is 18.4 Å². The highest BCUT2D eigenvalue weighted by molar-refractivity contribution is 5.93. The Morgan fingerprint density at radius 1 is 1.42 bits per heavy atom. The van der Waals surface area contributed by atoms with Gasteiger partial charge >= 0.3 is 0 Å². The lowest BCUT2D eigenvalue weighted by atomic mass is 10.1. The molecule has 0 aromatic heterocycles. The Labute approximate surface area is 74.2 Å². The summed E-state index contributed by atoms with van der Waals surface area (Å²) in [6, 6.07) is 0. The molecule has 0 aliphatic carbocycles. The Balaban J connectivity index is 4.54. The van der Waals surface area contributed by atoms with Crippen LogP contribution in [-0.2, 0) is 4.79 Å². The van der Waals surface area contributed by atoms with E-state index in [1.54, 1.807) is 25.9 Å². The van der Waals surface area contributed by atoms with Crippen LogP contribution in [0, 0.1) is 0 Å². The molecule has 0 saturated carbocycles. The molecule has 0 aromatic rings. The third-order valence-electron chi connectivity index (χ3n) is 1.64. The van der Waals surface area contributed by atoms with Crippen molar-refractivity contribution in [1.29, 1.82) is 0 Å².